The van der Waals surface area contributed by atoms with Gasteiger partial charge in [0.1, 0.15) is 0 Å². The Labute approximate surface area is 188 Å². The molecule has 2 heterocycles. The molecular formula is C28H26N2O2. The molecule has 4 aromatic rings. The Hall–Kier alpha value is -3.50. The molecule has 0 spiro atoms. The first kappa shape index (κ1) is 20.4. The minimum atomic E-state index is 0.154. The van der Waals surface area contributed by atoms with E-state index in [0.29, 0.717) is 13.0 Å². The number of carbonyl (C=O) groups excluding carboxylic acids is 1. The molecule has 1 unspecified atom stereocenters. The van der Waals surface area contributed by atoms with Crippen molar-refractivity contribution in [1.82, 2.24) is 9.88 Å². The SMILES string of the molecule is COC1CCN(C(=O)Cc2ccc3nc(-c4ccccc4)c(-c4ccccc4)cc3c2)C1. The largest absolute Gasteiger partial charge is 0.380 e. The number of likely N-dealkylation sites (tertiary alicyclic amines) is 1. The molecule has 1 saturated heterocycles. The zero-order valence-corrected chi connectivity index (χ0v) is 18.2. The summed E-state index contributed by atoms with van der Waals surface area (Å²) in [4.78, 5) is 19.7. The lowest BCUT2D eigenvalue weighted by atomic mass is 9.96. The molecular weight excluding hydrogens is 396 g/mol. The summed E-state index contributed by atoms with van der Waals surface area (Å²) in [6, 6.07) is 29.0. The quantitative estimate of drug-likeness (QED) is 0.435. The Morgan fingerprint density at radius 1 is 0.969 bits per heavy atom. The molecule has 0 N–H and O–H groups in total. The highest BCUT2D eigenvalue weighted by Crippen LogP contribution is 2.33. The molecule has 5 rings (SSSR count). The normalized spacial score (nSPS) is 15.9. The zero-order chi connectivity index (χ0) is 21.9. The lowest BCUT2D eigenvalue weighted by molar-refractivity contribution is -0.129. The highest BCUT2D eigenvalue weighted by Gasteiger charge is 2.25. The fraction of sp³-hybridized carbons (Fsp3) is 0.214. The van der Waals surface area contributed by atoms with E-state index in [9.17, 15) is 4.79 Å². The maximum Gasteiger partial charge on any atom is 0.227 e. The van der Waals surface area contributed by atoms with Crippen LogP contribution in [0.15, 0.2) is 84.9 Å². The Kier molecular flexibility index (Phi) is 5.70. The van der Waals surface area contributed by atoms with Crippen LogP contribution in [-0.4, -0.2) is 42.1 Å². The van der Waals surface area contributed by atoms with Crippen molar-refractivity contribution in [1.29, 1.82) is 0 Å². The van der Waals surface area contributed by atoms with E-state index in [1.165, 1.54) is 0 Å². The van der Waals surface area contributed by atoms with Crippen LogP contribution in [0.4, 0.5) is 0 Å². The Morgan fingerprint density at radius 2 is 1.69 bits per heavy atom. The van der Waals surface area contributed by atoms with Crippen LogP contribution in [0.5, 0.6) is 0 Å². The lowest BCUT2D eigenvalue weighted by Gasteiger charge is -2.16. The summed E-state index contributed by atoms with van der Waals surface area (Å²) in [7, 11) is 1.71. The third-order valence-corrected chi connectivity index (χ3v) is 6.20. The van der Waals surface area contributed by atoms with E-state index in [4.69, 9.17) is 9.72 Å². The Bertz CT molecular complexity index is 1240. The van der Waals surface area contributed by atoms with Crippen LogP contribution >= 0.6 is 0 Å². The zero-order valence-electron chi connectivity index (χ0n) is 18.2. The molecule has 1 aliphatic heterocycles. The van der Waals surface area contributed by atoms with Crippen molar-refractivity contribution in [3.8, 4) is 22.4 Å². The molecule has 1 aromatic heterocycles. The van der Waals surface area contributed by atoms with Gasteiger partial charge in [-0.15, -0.1) is 0 Å². The van der Waals surface area contributed by atoms with E-state index in [-0.39, 0.29) is 12.0 Å². The lowest BCUT2D eigenvalue weighted by Crippen LogP contribution is -2.31. The molecule has 1 amide bonds. The fourth-order valence-electron chi connectivity index (χ4n) is 4.42. The second-order valence-corrected chi connectivity index (χ2v) is 8.31. The van der Waals surface area contributed by atoms with E-state index in [2.05, 4.69) is 36.4 Å². The molecule has 1 aliphatic rings. The van der Waals surface area contributed by atoms with Gasteiger partial charge in [0.2, 0.25) is 5.91 Å². The van der Waals surface area contributed by atoms with Gasteiger partial charge in [-0.1, -0.05) is 66.7 Å². The summed E-state index contributed by atoms with van der Waals surface area (Å²) in [6.45, 7) is 1.45. The first-order chi connectivity index (χ1) is 15.7. The van der Waals surface area contributed by atoms with Gasteiger partial charge in [0.05, 0.1) is 23.7 Å². The van der Waals surface area contributed by atoms with Crippen molar-refractivity contribution in [3.63, 3.8) is 0 Å². The van der Waals surface area contributed by atoms with Crippen molar-refractivity contribution in [2.75, 3.05) is 20.2 Å². The number of hydrogen-bond acceptors (Lipinski definition) is 3. The van der Waals surface area contributed by atoms with Crippen LogP contribution < -0.4 is 0 Å². The van der Waals surface area contributed by atoms with Gasteiger partial charge in [-0.25, -0.2) is 4.98 Å². The summed E-state index contributed by atoms with van der Waals surface area (Å²) in [5.74, 6) is 0.154. The van der Waals surface area contributed by atoms with E-state index in [0.717, 1.165) is 51.8 Å². The summed E-state index contributed by atoms with van der Waals surface area (Å²) in [6.07, 6.45) is 1.46. The van der Waals surface area contributed by atoms with Gasteiger partial charge in [-0.2, -0.15) is 0 Å². The van der Waals surface area contributed by atoms with Gasteiger partial charge in [0.25, 0.3) is 0 Å². The number of rotatable bonds is 5. The van der Waals surface area contributed by atoms with Crippen LogP contribution in [0.3, 0.4) is 0 Å². The Morgan fingerprint density at radius 3 is 2.38 bits per heavy atom. The average Bonchev–Trinajstić information content (AvgIpc) is 3.34. The topological polar surface area (TPSA) is 42.4 Å². The van der Waals surface area contributed by atoms with E-state index >= 15 is 0 Å². The molecule has 160 valence electrons. The maximum absolute atomic E-state index is 12.8. The standard InChI is InChI=1S/C28H26N2O2/c1-32-24-14-15-30(19-24)27(31)17-20-12-13-26-23(16-20)18-25(21-8-4-2-5-9-21)28(29-26)22-10-6-3-7-11-22/h2-13,16,18,24H,14-15,17,19H2,1H3. The first-order valence-electron chi connectivity index (χ1n) is 11.1. The minimum absolute atomic E-state index is 0.154. The number of hydrogen-bond donors (Lipinski definition) is 0. The number of methoxy groups -OCH3 is 1. The van der Waals surface area contributed by atoms with Crippen LogP contribution in [0.1, 0.15) is 12.0 Å². The third-order valence-electron chi connectivity index (χ3n) is 6.20. The number of pyridine rings is 1. The number of benzene rings is 3. The summed E-state index contributed by atoms with van der Waals surface area (Å²) in [5, 5.41) is 1.05. The molecule has 0 aliphatic carbocycles. The second-order valence-electron chi connectivity index (χ2n) is 8.31. The van der Waals surface area contributed by atoms with Crippen molar-refractivity contribution in [2.24, 2.45) is 0 Å². The average molecular weight is 423 g/mol. The molecule has 0 saturated carbocycles. The second kappa shape index (κ2) is 8.93. The summed E-state index contributed by atoms with van der Waals surface area (Å²) in [5.41, 5.74) is 6.22. The van der Waals surface area contributed by atoms with Gasteiger partial charge in [-0.3, -0.25) is 4.79 Å². The van der Waals surface area contributed by atoms with Crippen molar-refractivity contribution < 1.29 is 9.53 Å². The monoisotopic (exact) mass is 422 g/mol. The van der Waals surface area contributed by atoms with E-state index in [1.54, 1.807) is 7.11 Å². The maximum atomic E-state index is 12.8. The highest BCUT2D eigenvalue weighted by atomic mass is 16.5. The van der Waals surface area contributed by atoms with E-state index < -0.39 is 0 Å². The van der Waals surface area contributed by atoms with Gasteiger partial charge in [-0.05, 0) is 35.7 Å². The predicted molar refractivity (Wildman–Crippen MR) is 128 cm³/mol. The molecule has 32 heavy (non-hydrogen) atoms. The molecule has 4 heteroatoms. The number of fused-ring (bicyclic) bond motifs is 1. The van der Waals surface area contributed by atoms with Crippen molar-refractivity contribution in [2.45, 2.75) is 18.9 Å². The molecule has 0 bridgehead atoms. The smallest absolute Gasteiger partial charge is 0.227 e. The predicted octanol–water partition coefficient (Wildman–Crippen LogP) is 5.36. The van der Waals surface area contributed by atoms with Crippen LogP contribution in [0.25, 0.3) is 33.3 Å². The van der Waals surface area contributed by atoms with Crippen LogP contribution in [0.2, 0.25) is 0 Å². The van der Waals surface area contributed by atoms with Gasteiger partial charge in [0, 0.05) is 36.7 Å². The van der Waals surface area contributed by atoms with Gasteiger partial charge < -0.3 is 9.64 Å². The fourth-order valence-corrected chi connectivity index (χ4v) is 4.42. The first-order valence-corrected chi connectivity index (χ1v) is 11.1. The summed E-state index contributed by atoms with van der Waals surface area (Å²) >= 11 is 0. The molecule has 1 fully saturated rings. The number of nitrogens with zero attached hydrogens (tertiary/aromatic N) is 2. The number of amides is 1. The number of carbonyl (C=O) groups is 1. The van der Waals surface area contributed by atoms with Gasteiger partial charge in [0.15, 0.2) is 0 Å². The molecule has 0 radical (unpaired) electrons. The van der Waals surface area contributed by atoms with Crippen LogP contribution in [-0.2, 0) is 16.0 Å². The number of ether oxygens (including phenoxy) is 1. The third kappa shape index (κ3) is 4.14. The molecule has 1 atom stereocenters. The van der Waals surface area contributed by atoms with Crippen molar-refractivity contribution in [3.05, 3.63) is 90.5 Å². The van der Waals surface area contributed by atoms with Crippen molar-refractivity contribution >= 4 is 16.8 Å². The highest BCUT2D eigenvalue weighted by molar-refractivity contribution is 5.92. The minimum Gasteiger partial charge on any atom is -0.380 e. The number of aromatic nitrogens is 1. The Balaban J connectivity index is 1.51. The molecule has 3 aromatic carbocycles. The summed E-state index contributed by atoms with van der Waals surface area (Å²) < 4.78 is 5.40. The van der Waals surface area contributed by atoms with Crippen LogP contribution in [0, 0.1) is 0 Å². The van der Waals surface area contributed by atoms with Gasteiger partial charge >= 0.3 is 0 Å². The molecule has 4 nitrogen and oxygen atoms in total. The van der Waals surface area contributed by atoms with E-state index in [1.807, 2.05) is 53.4 Å².